The predicted octanol–water partition coefficient (Wildman–Crippen LogP) is 9.13. The molecule has 0 atom stereocenters. The van der Waals surface area contributed by atoms with E-state index in [1.54, 1.807) is 13.8 Å². The van der Waals surface area contributed by atoms with Gasteiger partial charge in [-0.3, -0.25) is 0 Å². The summed E-state index contributed by atoms with van der Waals surface area (Å²) >= 11 is 0.225. The molecule has 3 rings (SSSR count). The van der Waals surface area contributed by atoms with Gasteiger partial charge in [-0.2, -0.15) is 13.2 Å². The third-order valence-corrected chi connectivity index (χ3v) is 8.21. The molecule has 210 valence electrons. The summed E-state index contributed by atoms with van der Waals surface area (Å²) in [5, 5.41) is 5.23. The van der Waals surface area contributed by atoms with Crippen molar-refractivity contribution in [1.82, 2.24) is 0 Å². The molecule has 0 saturated heterocycles. The van der Waals surface area contributed by atoms with Crippen LogP contribution in [0.4, 0.5) is 37.7 Å². The van der Waals surface area contributed by atoms with Gasteiger partial charge in [0, 0.05) is 5.69 Å². The number of anilines is 2. The van der Waals surface area contributed by atoms with E-state index in [9.17, 15) is 35.9 Å². The van der Waals surface area contributed by atoms with Crippen LogP contribution in [0.5, 0.6) is 0 Å². The molecular weight excluding hydrogens is 752 g/mol. The van der Waals surface area contributed by atoms with E-state index in [2.05, 4.69) is 10.6 Å². The van der Waals surface area contributed by atoms with Gasteiger partial charge in [0.25, 0.3) is 0 Å². The molecule has 0 aromatic heterocycles. The Bertz CT molecular complexity index is 1380. The number of carbonyl (C=O) groups is 2. The van der Waals surface area contributed by atoms with Gasteiger partial charge in [0.2, 0.25) is 0 Å². The van der Waals surface area contributed by atoms with Crippen molar-refractivity contribution in [3.63, 3.8) is 0 Å². The average molecular weight is 776 g/mol. The summed E-state index contributed by atoms with van der Waals surface area (Å²) in [6, 6.07) is 11.5. The molecule has 0 heterocycles. The summed E-state index contributed by atoms with van der Waals surface area (Å²) < 4.78 is 83.4. The van der Waals surface area contributed by atoms with Gasteiger partial charge in [-0.05, 0) is 26.0 Å². The second kappa shape index (κ2) is 11.6. The Morgan fingerprint density at radius 3 is 1.59 bits per heavy atom. The van der Waals surface area contributed by atoms with Crippen LogP contribution in [0.15, 0.2) is 60.7 Å². The SMILES string of the molecule is CI(C)C(=O)c1ccc(C(=O)Nc2ccc(-c3ccc(NC(C)(C)I)cc3C(F)(F)F)c(C(F)(F)F)c2)cc1. The first-order valence-electron chi connectivity index (χ1n) is 11.2. The molecule has 2 N–H and O–H groups in total. The zero-order chi connectivity index (χ0) is 29.3. The number of nitrogens with one attached hydrogen (secondary N) is 2. The number of hydrogen-bond donors (Lipinski definition) is 2. The molecule has 39 heavy (non-hydrogen) atoms. The van der Waals surface area contributed by atoms with E-state index in [1.807, 2.05) is 32.5 Å². The number of halogens is 8. The van der Waals surface area contributed by atoms with Gasteiger partial charge in [-0.25, -0.2) is 0 Å². The van der Waals surface area contributed by atoms with Crippen LogP contribution in [-0.4, -0.2) is 23.1 Å². The standard InChI is InChI=1S/C27H24F6I2N2O2/c1-25(2,34)37-18-10-12-20(22(14-18)27(31,32)33)19-11-9-17(13-21(19)26(28,29)30)36-24(39)16-7-5-15(6-8-16)23(38)35(3)4/h5-14,37H,1-4H3,(H,36,39). The summed E-state index contributed by atoms with van der Waals surface area (Å²) in [7, 11) is 0. The Kier molecular flexibility index (Phi) is 9.30. The molecule has 0 spiro atoms. The van der Waals surface area contributed by atoms with Crippen LogP contribution in [0.3, 0.4) is 0 Å². The zero-order valence-electron chi connectivity index (χ0n) is 21.1. The summed E-state index contributed by atoms with van der Waals surface area (Å²) in [6.45, 7) is 3.45. The molecule has 0 saturated carbocycles. The van der Waals surface area contributed by atoms with Gasteiger partial charge < -0.3 is 5.32 Å². The number of amides is 1. The zero-order valence-corrected chi connectivity index (χ0v) is 25.4. The summed E-state index contributed by atoms with van der Waals surface area (Å²) in [5.41, 5.74) is -3.45. The second-order valence-electron chi connectivity index (χ2n) is 9.17. The Morgan fingerprint density at radius 2 is 1.15 bits per heavy atom. The van der Waals surface area contributed by atoms with Gasteiger partial charge >= 0.3 is 156 Å². The second-order valence-corrected chi connectivity index (χ2v) is 17.2. The maximum atomic E-state index is 14.1. The topological polar surface area (TPSA) is 58.2 Å². The fourth-order valence-corrected chi connectivity index (χ4v) is 5.62. The normalized spacial score (nSPS) is 12.6. The van der Waals surface area contributed by atoms with Crippen LogP contribution in [0.2, 0.25) is 0 Å². The van der Waals surface area contributed by atoms with Crippen LogP contribution in [-0.2, 0) is 12.4 Å². The first kappa shape index (κ1) is 31.2. The number of hydrogen-bond acceptors (Lipinski definition) is 3. The van der Waals surface area contributed by atoms with Gasteiger partial charge in [0.15, 0.2) is 0 Å². The van der Waals surface area contributed by atoms with Gasteiger partial charge in [0.1, 0.15) is 0 Å². The van der Waals surface area contributed by atoms with Crippen molar-refractivity contribution in [2.24, 2.45) is 0 Å². The van der Waals surface area contributed by atoms with E-state index in [4.69, 9.17) is 0 Å². The summed E-state index contributed by atoms with van der Waals surface area (Å²) in [4.78, 5) is 28.6. The van der Waals surface area contributed by atoms with Crippen LogP contribution < -0.4 is 10.6 Å². The molecule has 3 aromatic carbocycles. The van der Waals surface area contributed by atoms with E-state index in [0.29, 0.717) is 11.6 Å². The number of alkyl halides is 9. The van der Waals surface area contributed by atoms with Crippen molar-refractivity contribution < 1.29 is 35.9 Å². The van der Waals surface area contributed by atoms with Crippen molar-refractivity contribution in [2.45, 2.75) is 29.7 Å². The van der Waals surface area contributed by atoms with Gasteiger partial charge in [-0.1, -0.05) is 28.7 Å². The third kappa shape index (κ3) is 8.08. The average Bonchev–Trinajstić information content (AvgIpc) is 2.81. The molecule has 0 aliphatic carbocycles. The molecular formula is C27H24F6I2N2O2. The molecule has 4 nitrogen and oxygen atoms in total. The number of rotatable bonds is 7. The predicted molar refractivity (Wildman–Crippen MR) is 158 cm³/mol. The Balaban J connectivity index is 2.00. The van der Waals surface area contributed by atoms with Crippen molar-refractivity contribution in [3.8, 4) is 11.1 Å². The molecule has 1 amide bonds. The number of carbonyl (C=O) groups excluding carboxylic acids is 2. The van der Waals surface area contributed by atoms with E-state index in [-0.39, 0.29) is 20.7 Å². The van der Waals surface area contributed by atoms with Crippen molar-refractivity contribution in [1.29, 1.82) is 0 Å². The van der Waals surface area contributed by atoms with Gasteiger partial charge in [-0.15, -0.1) is 0 Å². The molecule has 0 aliphatic heterocycles. The summed E-state index contributed by atoms with van der Waals surface area (Å²) in [5.74, 6) is -0.731. The Morgan fingerprint density at radius 1 is 0.718 bits per heavy atom. The van der Waals surface area contributed by atoms with E-state index >= 15 is 0 Å². The first-order chi connectivity index (χ1) is 17.9. The molecule has 0 bridgehead atoms. The van der Waals surface area contributed by atoms with Crippen LogP contribution in [0, 0.1) is 0 Å². The molecule has 0 fully saturated rings. The molecule has 0 radical (unpaired) electrons. The van der Waals surface area contributed by atoms with Crippen LogP contribution >= 0.6 is 42.4 Å². The minimum atomic E-state index is -5.01. The quantitative estimate of drug-likeness (QED) is 0.0828. The van der Waals surface area contributed by atoms with E-state index in [0.717, 1.165) is 24.3 Å². The molecule has 3 aromatic rings. The van der Waals surface area contributed by atoms with Crippen LogP contribution in [0.25, 0.3) is 11.1 Å². The van der Waals surface area contributed by atoms with Gasteiger partial charge in [0.05, 0.1) is 9.11 Å². The molecule has 12 heteroatoms. The van der Waals surface area contributed by atoms with Crippen molar-refractivity contribution in [3.05, 3.63) is 82.9 Å². The maximum absolute atomic E-state index is 14.1. The Labute approximate surface area is 242 Å². The summed E-state index contributed by atoms with van der Waals surface area (Å²) in [6.07, 6.45) is -9.94. The van der Waals surface area contributed by atoms with E-state index < -0.39 is 63.9 Å². The van der Waals surface area contributed by atoms with Crippen molar-refractivity contribution >= 4 is 63.5 Å². The molecule has 0 aliphatic rings. The monoisotopic (exact) mass is 776 g/mol. The number of benzene rings is 3. The third-order valence-electron chi connectivity index (χ3n) is 5.36. The van der Waals surface area contributed by atoms with E-state index in [1.165, 1.54) is 30.3 Å². The minimum absolute atomic E-state index is 0.0246. The van der Waals surface area contributed by atoms with Crippen LogP contribution in [0.1, 0.15) is 45.7 Å². The van der Waals surface area contributed by atoms with Crippen molar-refractivity contribution in [2.75, 3.05) is 20.5 Å². The fourth-order valence-electron chi connectivity index (χ4n) is 3.70. The molecule has 0 unspecified atom stereocenters. The Hall–Kier alpha value is -2.36. The first-order valence-corrected chi connectivity index (χ1v) is 17.7. The fraction of sp³-hybridized carbons (Fsp3) is 0.259.